The van der Waals surface area contributed by atoms with Crippen LogP contribution < -0.4 is 5.32 Å². The van der Waals surface area contributed by atoms with Crippen LogP contribution in [-0.4, -0.2) is 62.7 Å². The van der Waals surface area contributed by atoms with E-state index in [1.807, 2.05) is 0 Å². The monoisotopic (exact) mass is 253 g/mol. The fourth-order valence-electron chi connectivity index (χ4n) is 3.98. The van der Waals surface area contributed by atoms with Crippen LogP contribution >= 0.6 is 0 Å². The first kappa shape index (κ1) is 14.3. The molecule has 18 heavy (non-hydrogen) atoms. The van der Waals surface area contributed by atoms with Gasteiger partial charge in [0.2, 0.25) is 0 Å². The van der Waals surface area contributed by atoms with E-state index in [1.165, 1.54) is 45.3 Å². The van der Waals surface area contributed by atoms with Gasteiger partial charge >= 0.3 is 0 Å². The largest absolute Gasteiger partial charge is 0.315 e. The van der Waals surface area contributed by atoms with E-state index < -0.39 is 0 Å². The highest BCUT2D eigenvalue weighted by molar-refractivity contribution is 4.90. The minimum absolute atomic E-state index is 0.709. The Hall–Kier alpha value is -0.120. The predicted octanol–water partition coefficient (Wildman–Crippen LogP) is 1.65. The molecule has 3 unspecified atom stereocenters. The molecule has 0 aromatic carbocycles. The maximum atomic E-state index is 3.57. The van der Waals surface area contributed by atoms with Crippen LogP contribution in [0.4, 0.5) is 0 Å². The van der Waals surface area contributed by atoms with Crippen molar-refractivity contribution in [2.75, 3.05) is 40.8 Å². The molecule has 1 saturated carbocycles. The number of likely N-dealkylation sites (N-methyl/N-ethyl adjacent to an activating group) is 2. The highest BCUT2D eigenvalue weighted by Gasteiger charge is 2.33. The topological polar surface area (TPSA) is 18.5 Å². The highest BCUT2D eigenvalue weighted by Crippen LogP contribution is 2.29. The Balaban J connectivity index is 1.85. The molecule has 3 nitrogen and oxygen atoms in total. The van der Waals surface area contributed by atoms with Crippen molar-refractivity contribution in [1.29, 1.82) is 0 Å². The van der Waals surface area contributed by atoms with Crippen LogP contribution in [0.5, 0.6) is 0 Å². The second kappa shape index (κ2) is 6.36. The number of rotatable bonds is 5. The fraction of sp³-hybridized carbons (Fsp3) is 1.00. The molecule has 2 rings (SSSR count). The first-order valence-corrected chi connectivity index (χ1v) is 7.68. The van der Waals surface area contributed by atoms with Gasteiger partial charge < -0.3 is 10.2 Å². The van der Waals surface area contributed by atoms with Gasteiger partial charge in [0.05, 0.1) is 0 Å². The minimum atomic E-state index is 0.709. The molecule has 1 saturated heterocycles. The molecular weight excluding hydrogens is 222 g/mol. The SMILES string of the molecule is CNC(CN1CC(C)C(N(C)C)C1)C1CCCC1. The summed E-state index contributed by atoms with van der Waals surface area (Å²) in [7, 11) is 6.58. The normalized spacial score (nSPS) is 32.5. The smallest absolute Gasteiger partial charge is 0.0254 e. The van der Waals surface area contributed by atoms with Crippen LogP contribution in [-0.2, 0) is 0 Å². The third kappa shape index (κ3) is 3.25. The van der Waals surface area contributed by atoms with Crippen LogP contribution in [0.1, 0.15) is 32.6 Å². The van der Waals surface area contributed by atoms with E-state index >= 15 is 0 Å². The summed E-state index contributed by atoms with van der Waals surface area (Å²) in [5.74, 6) is 1.73. The first-order valence-electron chi connectivity index (χ1n) is 7.68. The number of nitrogens with zero attached hydrogens (tertiary/aromatic N) is 2. The fourth-order valence-corrected chi connectivity index (χ4v) is 3.98. The molecule has 1 aliphatic carbocycles. The lowest BCUT2D eigenvalue weighted by molar-refractivity contribution is 0.225. The molecule has 0 amide bonds. The van der Waals surface area contributed by atoms with Gasteiger partial charge in [-0.2, -0.15) is 0 Å². The second-order valence-corrected chi connectivity index (χ2v) is 6.67. The molecule has 0 spiro atoms. The summed E-state index contributed by atoms with van der Waals surface area (Å²) in [5, 5.41) is 3.57. The van der Waals surface area contributed by atoms with Crippen LogP contribution in [0.25, 0.3) is 0 Å². The Bertz CT molecular complexity index is 248. The summed E-state index contributed by atoms with van der Waals surface area (Å²) in [5.41, 5.74) is 0. The molecule has 0 bridgehead atoms. The average Bonchev–Trinajstić information content (AvgIpc) is 2.95. The van der Waals surface area contributed by atoms with Gasteiger partial charge in [-0.25, -0.2) is 0 Å². The zero-order valence-corrected chi connectivity index (χ0v) is 12.7. The van der Waals surface area contributed by atoms with Crippen LogP contribution in [0.2, 0.25) is 0 Å². The molecule has 2 fully saturated rings. The van der Waals surface area contributed by atoms with Crippen LogP contribution in [0.15, 0.2) is 0 Å². The van der Waals surface area contributed by atoms with Gasteiger partial charge in [-0.3, -0.25) is 4.90 Å². The van der Waals surface area contributed by atoms with E-state index in [2.05, 4.69) is 43.2 Å². The van der Waals surface area contributed by atoms with Gasteiger partial charge in [0, 0.05) is 31.7 Å². The molecule has 106 valence electrons. The Morgan fingerprint density at radius 2 is 1.89 bits per heavy atom. The summed E-state index contributed by atoms with van der Waals surface area (Å²) in [6.45, 7) is 6.16. The van der Waals surface area contributed by atoms with Gasteiger partial charge in [-0.05, 0) is 45.8 Å². The van der Waals surface area contributed by atoms with Crippen LogP contribution in [0, 0.1) is 11.8 Å². The maximum absolute atomic E-state index is 3.57. The summed E-state index contributed by atoms with van der Waals surface area (Å²) in [4.78, 5) is 5.07. The summed E-state index contributed by atoms with van der Waals surface area (Å²) in [6, 6.07) is 1.45. The molecule has 3 atom stereocenters. The van der Waals surface area contributed by atoms with Crippen LogP contribution in [0.3, 0.4) is 0 Å². The quantitative estimate of drug-likeness (QED) is 0.804. The highest BCUT2D eigenvalue weighted by atomic mass is 15.2. The van der Waals surface area contributed by atoms with Crippen molar-refractivity contribution < 1.29 is 0 Å². The Morgan fingerprint density at radius 1 is 1.22 bits per heavy atom. The second-order valence-electron chi connectivity index (χ2n) is 6.67. The Labute approximate surface area is 113 Å². The molecule has 0 aromatic rings. The van der Waals surface area contributed by atoms with Crippen molar-refractivity contribution in [2.45, 2.75) is 44.7 Å². The lowest BCUT2D eigenvalue weighted by Crippen LogP contribution is -2.43. The molecule has 3 heteroatoms. The van der Waals surface area contributed by atoms with E-state index in [1.54, 1.807) is 0 Å². The molecule has 1 aliphatic heterocycles. The number of nitrogens with one attached hydrogen (secondary N) is 1. The molecule has 1 heterocycles. The number of hydrogen-bond donors (Lipinski definition) is 1. The minimum Gasteiger partial charge on any atom is -0.315 e. The van der Waals surface area contributed by atoms with E-state index in [9.17, 15) is 0 Å². The van der Waals surface area contributed by atoms with Gasteiger partial charge in [0.1, 0.15) is 0 Å². The lowest BCUT2D eigenvalue weighted by atomic mass is 9.98. The van der Waals surface area contributed by atoms with Gasteiger partial charge in [0.15, 0.2) is 0 Å². The standard InChI is InChI=1S/C15H31N3/c1-12-9-18(11-15(12)17(3)4)10-14(16-2)13-7-5-6-8-13/h12-16H,5-11H2,1-4H3. The zero-order valence-electron chi connectivity index (χ0n) is 12.7. The van der Waals surface area contributed by atoms with E-state index in [4.69, 9.17) is 0 Å². The van der Waals surface area contributed by atoms with Gasteiger partial charge in [-0.15, -0.1) is 0 Å². The van der Waals surface area contributed by atoms with E-state index in [0.29, 0.717) is 6.04 Å². The van der Waals surface area contributed by atoms with Crippen molar-refractivity contribution in [3.05, 3.63) is 0 Å². The van der Waals surface area contributed by atoms with Crippen molar-refractivity contribution >= 4 is 0 Å². The predicted molar refractivity (Wildman–Crippen MR) is 77.9 cm³/mol. The third-order valence-corrected chi connectivity index (χ3v) is 5.11. The number of hydrogen-bond acceptors (Lipinski definition) is 3. The van der Waals surface area contributed by atoms with E-state index in [0.717, 1.165) is 17.9 Å². The summed E-state index contributed by atoms with van der Waals surface area (Å²) in [6.07, 6.45) is 5.76. The van der Waals surface area contributed by atoms with E-state index in [-0.39, 0.29) is 0 Å². The average molecular weight is 253 g/mol. The molecule has 0 aromatic heterocycles. The Kier molecular flexibility index (Phi) is 5.05. The molecule has 0 radical (unpaired) electrons. The third-order valence-electron chi connectivity index (χ3n) is 5.11. The zero-order chi connectivity index (χ0) is 13.1. The van der Waals surface area contributed by atoms with Crippen molar-refractivity contribution in [1.82, 2.24) is 15.1 Å². The van der Waals surface area contributed by atoms with Crippen molar-refractivity contribution in [2.24, 2.45) is 11.8 Å². The number of likely N-dealkylation sites (tertiary alicyclic amines) is 1. The summed E-state index contributed by atoms with van der Waals surface area (Å²) >= 11 is 0. The summed E-state index contributed by atoms with van der Waals surface area (Å²) < 4.78 is 0. The van der Waals surface area contributed by atoms with Crippen molar-refractivity contribution in [3.63, 3.8) is 0 Å². The van der Waals surface area contributed by atoms with Gasteiger partial charge in [0.25, 0.3) is 0 Å². The Morgan fingerprint density at radius 3 is 2.39 bits per heavy atom. The van der Waals surface area contributed by atoms with Gasteiger partial charge in [-0.1, -0.05) is 19.8 Å². The molecular formula is C15H31N3. The lowest BCUT2D eigenvalue weighted by Gasteiger charge is -2.28. The molecule has 2 aliphatic rings. The first-order chi connectivity index (χ1) is 8.61. The molecule has 1 N–H and O–H groups in total. The van der Waals surface area contributed by atoms with Crippen molar-refractivity contribution in [3.8, 4) is 0 Å². The maximum Gasteiger partial charge on any atom is 0.0254 e.